The summed E-state index contributed by atoms with van der Waals surface area (Å²) in [6.45, 7) is -0.507. The van der Waals surface area contributed by atoms with Gasteiger partial charge in [-0.2, -0.15) is 13.2 Å². The molecule has 0 amide bonds. The van der Waals surface area contributed by atoms with Crippen molar-refractivity contribution in [1.82, 2.24) is 0 Å². The molecule has 7 heteroatoms. The van der Waals surface area contributed by atoms with Crippen LogP contribution in [0.5, 0.6) is 11.5 Å². The first-order valence-corrected chi connectivity index (χ1v) is 4.85. The van der Waals surface area contributed by atoms with E-state index >= 15 is 0 Å². The zero-order chi connectivity index (χ0) is 12.5. The van der Waals surface area contributed by atoms with Crippen LogP contribution in [0.2, 0.25) is 0 Å². The predicted molar refractivity (Wildman–Crippen MR) is 53.1 cm³/mol. The standard InChI is InChI=1S/C10H10F3NO3/c11-10(12,13)9(15)4-14-6-1-2-7-8(3-6)17-5-16-7/h1-3,9,14-15H,4-5H2. The third-order valence-corrected chi connectivity index (χ3v) is 2.25. The monoisotopic (exact) mass is 249 g/mol. The van der Waals surface area contributed by atoms with Gasteiger partial charge in [-0.3, -0.25) is 0 Å². The highest BCUT2D eigenvalue weighted by Crippen LogP contribution is 2.34. The van der Waals surface area contributed by atoms with Crippen molar-refractivity contribution in [1.29, 1.82) is 0 Å². The van der Waals surface area contributed by atoms with Crippen molar-refractivity contribution in [2.75, 3.05) is 18.7 Å². The highest BCUT2D eigenvalue weighted by molar-refractivity contribution is 5.55. The van der Waals surface area contributed by atoms with Gasteiger partial charge in [0.15, 0.2) is 17.6 Å². The van der Waals surface area contributed by atoms with Gasteiger partial charge in [0.05, 0.1) is 0 Å². The first-order valence-electron chi connectivity index (χ1n) is 4.85. The number of aliphatic hydroxyl groups is 1. The number of rotatable bonds is 3. The summed E-state index contributed by atoms with van der Waals surface area (Å²) in [4.78, 5) is 0. The zero-order valence-electron chi connectivity index (χ0n) is 8.62. The third-order valence-electron chi connectivity index (χ3n) is 2.25. The minimum absolute atomic E-state index is 0.101. The summed E-state index contributed by atoms with van der Waals surface area (Å²) in [5.41, 5.74) is 0.428. The van der Waals surface area contributed by atoms with Gasteiger partial charge in [-0.1, -0.05) is 0 Å². The maximum absolute atomic E-state index is 12.0. The zero-order valence-corrected chi connectivity index (χ0v) is 8.62. The Bertz CT molecular complexity index is 408. The fourth-order valence-corrected chi connectivity index (χ4v) is 1.34. The lowest BCUT2D eigenvalue weighted by Crippen LogP contribution is -2.34. The topological polar surface area (TPSA) is 50.7 Å². The molecule has 1 aliphatic rings. The van der Waals surface area contributed by atoms with E-state index in [1.54, 1.807) is 12.1 Å². The fourth-order valence-electron chi connectivity index (χ4n) is 1.34. The Hall–Kier alpha value is -1.63. The SMILES string of the molecule is OC(CNc1ccc2c(c1)OCO2)C(F)(F)F. The average Bonchev–Trinajstić information content (AvgIpc) is 2.71. The molecule has 94 valence electrons. The van der Waals surface area contributed by atoms with Gasteiger partial charge in [0.25, 0.3) is 0 Å². The van der Waals surface area contributed by atoms with Gasteiger partial charge in [0.1, 0.15) is 0 Å². The molecule has 1 aliphatic heterocycles. The summed E-state index contributed by atoms with van der Waals surface area (Å²) in [7, 11) is 0. The van der Waals surface area contributed by atoms with E-state index in [2.05, 4.69) is 5.32 Å². The normalized spacial score (nSPS) is 15.8. The molecule has 1 aromatic rings. The lowest BCUT2D eigenvalue weighted by molar-refractivity contribution is -0.198. The first-order chi connectivity index (χ1) is 7.97. The number of anilines is 1. The third kappa shape index (κ3) is 2.73. The van der Waals surface area contributed by atoms with Crippen molar-refractivity contribution in [2.45, 2.75) is 12.3 Å². The van der Waals surface area contributed by atoms with Gasteiger partial charge in [0.2, 0.25) is 6.79 Å². The van der Waals surface area contributed by atoms with E-state index in [4.69, 9.17) is 14.6 Å². The average molecular weight is 249 g/mol. The van der Waals surface area contributed by atoms with Crippen molar-refractivity contribution in [3.8, 4) is 11.5 Å². The van der Waals surface area contributed by atoms with Crippen molar-refractivity contribution < 1.29 is 27.8 Å². The van der Waals surface area contributed by atoms with E-state index in [0.29, 0.717) is 17.2 Å². The van der Waals surface area contributed by atoms with Crippen LogP contribution in [0.15, 0.2) is 18.2 Å². The molecule has 17 heavy (non-hydrogen) atoms. The van der Waals surface area contributed by atoms with Gasteiger partial charge in [-0.15, -0.1) is 0 Å². The molecule has 1 heterocycles. The number of ether oxygens (including phenoxy) is 2. The first kappa shape index (κ1) is 11.8. The maximum Gasteiger partial charge on any atom is 0.416 e. The van der Waals surface area contributed by atoms with Crippen molar-refractivity contribution in [2.24, 2.45) is 0 Å². The molecule has 0 aromatic heterocycles. The number of fused-ring (bicyclic) bond motifs is 1. The minimum Gasteiger partial charge on any atom is -0.454 e. The fraction of sp³-hybridized carbons (Fsp3) is 0.400. The van der Waals surface area contributed by atoms with Crippen LogP contribution in [0.25, 0.3) is 0 Å². The summed E-state index contributed by atoms with van der Waals surface area (Å²) < 4.78 is 46.2. The van der Waals surface area contributed by atoms with Crippen LogP contribution < -0.4 is 14.8 Å². The van der Waals surface area contributed by atoms with Gasteiger partial charge in [-0.25, -0.2) is 0 Å². The molecule has 1 unspecified atom stereocenters. The number of hydrogen-bond acceptors (Lipinski definition) is 4. The highest BCUT2D eigenvalue weighted by Gasteiger charge is 2.37. The number of hydrogen-bond donors (Lipinski definition) is 2. The van der Waals surface area contributed by atoms with E-state index in [0.717, 1.165) is 0 Å². The molecule has 0 fully saturated rings. The molecule has 0 bridgehead atoms. The molecule has 0 saturated carbocycles. The Morgan fingerprint density at radius 3 is 2.71 bits per heavy atom. The molecule has 2 N–H and O–H groups in total. The molecule has 1 atom stereocenters. The second-order valence-corrected chi connectivity index (χ2v) is 3.51. The van der Waals surface area contributed by atoms with Crippen molar-refractivity contribution >= 4 is 5.69 Å². The molecule has 0 radical (unpaired) electrons. The van der Waals surface area contributed by atoms with E-state index in [1.165, 1.54) is 6.07 Å². The molecular formula is C10H10F3NO3. The lowest BCUT2D eigenvalue weighted by Gasteiger charge is -2.15. The Kier molecular flexibility index (Phi) is 3.01. The summed E-state index contributed by atoms with van der Waals surface area (Å²) in [6.07, 6.45) is -7.02. The molecule has 2 rings (SSSR count). The molecule has 0 aliphatic carbocycles. The van der Waals surface area contributed by atoms with Crippen molar-refractivity contribution in [3.63, 3.8) is 0 Å². The number of aliphatic hydroxyl groups excluding tert-OH is 1. The van der Waals surface area contributed by atoms with E-state index in [-0.39, 0.29) is 6.79 Å². The highest BCUT2D eigenvalue weighted by atomic mass is 19.4. The summed E-state index contributed by atoms with van der Waals surface area (Å²) >= 11 is 0. The Morgan fingerprint density at radius 2 is 2.00 bits per heavy atom. The predicted octanol–water partition coefficient (Wildman–Crippen LogP) is 1.75. The molecule has 4 nitrogen and oxygen atoms in total. The number of alkyl halides is 3. The quantitative estimate of drug-likeness (QED) is 0.856. The molecular weight excluding hydrogens is 239 g/mol. The minimum atomic E-state index is -4.62. The second-order valence-electron chi connectivity index (χ2n) is 3.51. The van der Waals surface area contributed by atoms with Gasteiger partial charge in [-0.05, 0) is 12.1 Å². The summed E-state index contributed by atoms with van der Waals surface area (Å²) in [6, 6.07) is 4.66. The van der Waals surface area contributed by atoms with Crippen LogP contribution in [0, 0.1) is 0 Å². The van der Waals surface area contributed by atoms with E-state index in [1.807, 2.05) is 0 Å². The van der Waals surface area contributed by atoms with Crippen LogP contribution in [-0.4, -0.2) is 30.7 Å². The van der Waals surface area contributed by atoms with Crippen LogP contribution in [-0.2, 0) is 0 Å². The number of benzene rings is 1. The number of halogens is 3. The maximum atomic E-state index is 12.0. The van der Waals surface area contributed by atoms with Crippen molar-refractivity contribution in [3.05, 3.63) is 18.2 Å². The smallest absolute Gasteiger partial charge is 0.416 e. The van der Waals surface area contributed by atoms with Crippen LogP contribution in [0.3, 0.4) is 0 Å². The number of nitrogens with one attached hydrogen (secondary N) is 1. The summed E-state index contributed by atoms with van der Waals surface area (Å²) in [5, 5.41) is 11.3. The Balaban J connectivity index is 1.96. The lowest BCUT2D eigenvalue weighted by atomic mass is 10.2. The summed E-state index contributed by atoms with van der Waals surface area (Å²) in [5.74, 6) is 1.02. The molecule has 0 spiro atoms. The van der Waals surface area contributed by atoms with E-state index < -0.39 is 18.8 Å². The second kappa shape index (κ2) is 4.33. The van der Waals surface area contributed by atoms with Crippen LogP contribution >= 0.6 is 0 Å². The molecule has 0 saturated heterocycles. The van der Waals surface area contributed by atoms with Crippen LogP contribution in [0.1, 0.15) is 0 Å². The van der Waals surface area contributed by atoms with Gasteiger partial charge >= 0.3 is 6.18 Å². The van der Waals surface area contributed by atoms with Crippen LogP contribution in [0.4, 0.5) is 18.9 Å². The van der Waals surface area contributed by atoms with Gasteiger partial charge < -0.3 is 19.9 Å². The van der Waals surface area contributed by atoms with Gasteiger partial charge in [0, 0.05) is 18.3 Å². The molecule has 1 aromatic carbocycles. The Labute approximate surface area is 95.0 Å². The Morgan fingerprint density at radius 1 is 1.29 bits per heavy atom. The van der Waals surface area contributed by atoms with E-state index in [9.17, 15) is 13.2 Å². The largest absolute Gasteiger partial charge is 0.454 e.